The average molecular weight is 503 g/mol. The zero-order valence-corrected chi connectivity index (χ0v) is 15.3. The van der Waals surface area contributed by atoms with Crippen molar-refractivity contribution in [3.05, 3.63) is 35.9 Å². The Morgan fingerprint density at radius 2 is 0.969 bits per heavy atom. The Bertz CT molecular complexity index is 769. The van der Waals surface area contributed by atoms with E-state index in [0.717, 1.165) is 6.92 Å². The predicted molar refractivity (Wildman–Crippen MR) is 78.6 cm³/mol. The van der Waals surface area contributed by atoms with Crippen LogP contribution in [-0.2, 0) is 0 Å². The fraction of sp³-hybridized carbons (Fsp3) is 0.625. The van der Waals surface area contributed by atoms with E-state index in [-0.39, 0.29) is 5.56 Å². The first kappa shape index (κ1) is 28.2. The molecule has 0 saturated heterocycles. The third kappa shape index (κ3) is 4.21. The molecule has 0 amide bonds. The molecular weight excluding hydrogens is 491 g/mol. The van der Waals surface area contributed by atoms with Crippen LogP contribution in [-0.4, -0.2) is 48.3 Å². The molecule has 0 fully saturated rings. The second kappa shape index (κ2) is 8.17. The molecule has 186 valence electrons. The summed E-state index contributed by atoms with van der Waals surface area (Å²) in [6.45, 7) is -1.54. The third-order valence-electron chi connectivity index (χ3n) is 4.32. The van der Waals surface area contributed by atoms with Crippen molar-refractivity contribution in [3.8, 4) is 0 Å². The molecule has 0 radical (unpaired) electrons. The maximum absolute atomic E-state index is 13.7. The monoisotopic (exact) mass is 503 g/mol. The zero-order valence-electron chi connectivity index (χ0n) is 15.3. The molecule has 1 rings (SSSR count). The standard InChI is InChI=1S/C16H12F15N/c1-8(9-5-3-2-4-6-9)32-7-10(17,18)11(19,20)12(21,22)13(23,24)14(25,26)15(27,28)16(29,30)31/h2-6,8,32H,7H2,1H3. The van der Waals surface area contributed by atoms with Crippen LogP contribution in [0.5, 0.6) is 0 Å². The van der Waals surface area contributed by atoms with Gasteiger partial charge in [0.05, 0.1) is 6.54 Å². The predicted octanol–water partition coefficient (Wildman–Crippen LogP) is 6.71. The number of benzene rings is 1. The van der Waals surface area contributed by atoms with E-state index in [9.17, 15) is 65.9 Å². The van der Waals surface area contributed by atoms with Gasteiger partial charge in [0.2, 0.25) is 0 Å². The number of hydrogen-bond donors (Lipinski definition) is 1. The van der Waals surface area contributed by atoms with Gasteiger partial charge in [0.1, 0.15) is 0 Å². The number of rotatable bonds is 9. The van der Waals surface area contributed by atoms with Crippen molar-refractivity contribution in [1.29, 1.82) is 0 Å². The first-order valence-electron chi connectivity index (χ1n) is 8.11. The summed E-state index contributed by atoms with van der Waals surface area (Å²) in [5.74, 6) is -46.3. The fourth-order valence-electron chi connectivity index (χ4n) is 2.25. The van der Waals surface area contributed by atoms with Gasteiger partial charge < -0.3 is 5.32 Å². The van der Waals surface area contributed by atoms with Gasteiger partial charge in [0.15, 0.2) is 0 Å². The number of halogens is 15. The van der Waals surface area contributed by atoms with Crippen molar-refractivity contribution in [1.82, 2.24) is 5.32 Å². The van der Waals surface area contributed by atoms with Crippen LogP contribution in [0.4, 0.5) is 65.9 Å². The lowest BCUT2D eigenvalue weighted by Gasteiger charge is -2.41. The molecule has 0 bridgehead atoms. The van der Waals surface area contributed by atoms with E-state index in [1.165, 1.54) is 35.6 Å². The van der Waals surface area contributed by atoms with Crippen LogP contribution in [0.2, 0.25) is 0 Å². The quantitative estimate of drug-likeness (QED) is 0.370. The molecule has 1 atom stereocenters. The van der Waals surface area contributed by atoms with E-state index in [1.807, 2.05) is 0 Å². The normalized spacial score (nSPS) is 16.2. The smallest absolute Gasteiger partial charge is 0.304 e. The molecule has 0 aliphatic heterocycles. The molecule has 0 heterocycles. The van der Waals surface area contributed by atoms with E-state index >= 15 is 0 Å². The topological polar surface area (TPSA) is 12.0 Å². The Hall–Kier alpha value is -1.87. The molecule has 1 unspecified atom stereocenters. The Labute approximate surface area is 169 Å². The highest BCUT2D eigenvalue weighted by molar-refractivity contribution is 5.18. The second-order valence-electron chi connectivity index (χ2n) is 6.59. The lowest BCUT2D eigenvalue weighted by atomic mass is 9.91. The Kier molecular flexibility index (Phi) is 7.19. The summed E-state index contributed by atoms with van der Waals surface area (Å²) in [7, 11) is 0. The van der Waals surface area contributed by atoms with Crippen molar-refractivity contribution < 1.29 is 65.9 Å². The molecule has 0 aliphatic rings. The van der Waals surface area contributed by atoms with Gasteiger partial charge in [-0.1, -0.05) is 30.3 Å². The van der Waals surface area contributed by atoms with Crippen LogP contribution < -0.4 is 5.32 Å². The van der Waals surface area contributed by atoms with Crippen molar-refractivity contribution in [3.63, 3.8) is 0 Å². The highest BCUT2D eigenvalue weighted by atomic mass is 19.4. The highest BCUT2D eigenvalue weighted by Crippen LogP contribution is 2.62. The van der Waals surface area contributed by atoms with E-state index in [1.54, 1.807) is 0 Å². The maximum Gasteiger partial charge on any atom is 0.460 e. The lowest BCUT2D eigenvalue weighted by Crippen LogP contribution is -2.73. The summed E-state index contributed by atoms with van der Waals surface area (Å²) in [6, 6.07) is 5.24. The van der Waals surface area contributed by atoms with Crippen molar-refractivity contribution in [2.75, 3.05) is 6.54 Å². The molecule has 0 aliphatic carbocycles. The number of nitrogens with one attached hydrogen (secondary N) is 1. The van der Waals surface area contributed by atoms with Crippen LogP contribution in [0.15, 0.2) is 30.3 Å². The van der Waals surface area contributed by atoms with E-state index in [0.29, 0.717) is 0 Å². The van der Waals surface area contributed by atoms with Gasteiger partial charge in [0, 0.05) is 6.04 Å². The van der Waals surface area contributed by atoms with Crippen LogP contribution in [0, 0.1) is 0 Å². The first-order valence-corrected chi connectivity index (χ1v) is 8.11. The van der Waals surface area contributed by atoms with Gasteiger partial charge in [-0.2, -0.15) is 65.9 Å². The van der Waals surface area contributed by atoms with Gasteiger partial charge in [-0.25, -0.2) is 0 Å². The molecule has 1 nitrogen and oxygen atoms in total. The maximum atomic E-state index is 13.7. The second-order valence-corrected chi connectivity index (χ2v) is 6.59. The lowest BCUT2D eigenvalue weighted by molar-refractivity contribution is -0.452. The van der Waals surface area contributed by atoms with E-state index < -0.39 is 54.3 Å². The largest absolute Gasteiger partial charge is 0.460 e. The Morgan fingerprint density at radius 3 is 1.38 bits per heavy atom. The van der Waals surface area contributed by atoms with Crippen LogP contribution in [0.1, 0.15) is 18.5 Å². The summed E-state index contributed by atoms with van der Waals surface area (Å²) in [5.41, 5.74) is 0.0973. The van der Waals surface area contributed by atoms with Gasteiger partial charge in [-0.3, -0.25) is 0 Å². The molecular formula is C16H12F15N. The van der Waals surface area contributed by atoms with Gasteiger partial charge in [-0.15, -0.1) is 0 Å². The summed E-state index contributed by atoms with van der Waals surface area (Å²) in [5, 5.41) is 1.54. The van der Waals surface area contributed by atoms with Gasteiger partial charge in [0.25, 0.3) is 0 Å². The molecule has 1 aromatic carbocycles. The number of alkyl halides is 15. The van der Waals surface area contributed by atoms with Crippen molar-refractivity contribution in [2.24, 2.45) is 0 Å². The first-order chi connectivity index (χ1) is 14.0. The fourth-order valence-corrected chi connectivity index (χ4v) is 2.25. The number of hydrogen-bond acceptors (Lipinski definition) is 1. The highest BCUT2D eigenvalue weighted by Gasteiger charge is 2.93. The van der Waals surface area contributed by atoms with Gasteiger partial charge >= 0.3 is 41.7 Å². The van der Waals surface area contributed by atoms with Crippen LogP contribution in [0.3, 0.4) is 0 Å². The molecule has 0 saturated carbocycles. The summed E-state index contributed by atoms with van der Waals surface area (Å²) in [6.07, 6.45) is -7.61. The SMILES string of the molecule is CC(NCC(F)(F)C(F)(F)C(F)(F)C(F)(F)C(F)(F)C(F)(F)C(F)(F)F)c1ccccc1. The van der Waals surface area contributed by atoms with Crippen LogP contribution in [0.25, 0.3) is 0 Å². The van der Waals surface area contributed by atoms with Crippen molar-refractivity contribution in [2.45, 2.75) is 54.7 Å². The van der Waals surface area contributed by atoms with Gasteiger partial charge in [-0.05, 0) is 12.5 Å². The molecule has 16 heteroatoms. The summed E-state index contributed by atoms with van der Waals surface area (Å²) < 4.78 is 196. The summed E-state index contributed by atoms with van der Waals surface area (Å²) >= 11 is 0. The average Bonchev–Trinajstić information content (AvgIpc) is 2.65. The van der Waals surface area contributed by atoms with Crippen LogP contribution >= 0.6 is 0 Å². The van der Waals surface area contributed by atoms with E-state index in [4.69, 9.17) is 0 Å². The molecule has 1 aromatic rings. The molecule has 0 spiro atoms. The Morgan fingerprint density at radius 1 is 0.594 bits per heavy atom. The third-order valence-corrected chi connectivity index (χ3v) is 4.32. The zero-order chi connectivity index (χ0) is 25.6. The summed E-state index contributed by atoms with van der Waals surface area (Å²) in [4.78, 5) is 0. The minimum absolute atomic E-state index is 0.0973. The minimum atomic E-state index is -8.27. The van der Waals surface area contributed by atoms with Crippen molar-refractivity contribution >= 4 is 0 Å². The molecule has 32 heavy (non-hydrogen) atoms. The minimum Gasteiger partial charge on any atom is -0.304 e. The molecule has 1 N–H and O–H groups in total. The van der Waals surface area contributed by atoms with E-state index in [2.05, 4.69) is 0 Å². The molecule has 0 aromatic heterocycles. The Balaban J connectivity index is 3.30.